The molecule has 142 valence electrons. The average molecular weight is 358 g/mol. The molecule has 0 aromatic rings. The Balaban J connectivity index is 1.97. The van der Waals surface area contributed by atoms with Crippen LogP contribution in [0.1, 0.15) is 59.3 Å². The molecule has 0 N–H and O–H groups in total. The van der Waals surface area contributed by atoms with E-state index < -0.39 is 17.5 Å². The summed E-state index contributed by atoms with van der Waals surface area (Å²) in [5.74, 6) is -1.66. The van der Waals surface area contributed by atoms with Crippen molar-refractivity contribution in [1.29, 1.82) is 0 Å². The average Bonchev–Trinajstić information content (AvgIpc) is 2.61. The zero-order chi connectivity index (χ0) is 19.3. The monoisotopic (exact) mass is 358 g/mol. The first-order valence-corrected chi connectivity index (χ1v) is 9.71. The number of hydrogen-bond donors (Lipinski definition) is 0. The Bertz CT molecular complexity index is 703. The van der Waals surface area contributed by atoms with Crippen molar-refractivity contribution >= 4 is 17.3 Å². The molecule has 0 amide bonds. The second kappa shape index (κ2) is 6.47. The van der Waals surface area contributed by atoms with E-state index in [1.807, 2.05) is 0 Å². The van der Waals surface area contributed by atoms with Gasteiger partial charge in [-0.15, -0.1) is 0 Å². The van der Waals surface area contributed by atoms with Crippen molar-refractivity contribution in [3.05, 3.63) is 24.0 Å². The van der Waals surface area contributed by atoms with E-state index in [0.29, 0.717) is 18.3 Å². The van der Waals surface area contributed by atoms with Crippen molar-refractivity contribution in [3.8, 4) is 0 Å². The predicted molar refractivity (Wildman–Crippen MR) is 99.3 cm³/mol. The van der Waals surface area contributed by atoms with Gasteiger partial charge in [-0.2, -0.15) is 0 Å². The molecule has 2 fully saturated rings. The van der Waals surface area contributed by atoms with Gasteiger partial charge in [-0.1, -0.05) is 32.9 Å². The lowest BCUT2D eigenvalue weighted by atomic mass is 9.45. The van der Waals surface area contributed by atoms with Gasteiger partial charge < -0.3 is 4.74 Å². The minimum absolute atomic E-state index is 0.0162. The third kappa shape index (κ3) is 2.69. The van der Waals surface area contributed by atoms with Crippen LogP contribution in [0.4, 0.5) is 0 Å². The number of rotatable bonds is 3. The molecule has 2 saturated carbocycles. The summed E-state index contributed by atoms with van der Waals surface area (Å²) >= 11 is 0. The molecule has 0 aromatic heterocycles. The zero-order valence-corrected chi connectivity index (χ0v) is 16.4. The molecule has 4 nitrogen and oxygen atoms in total. The molecule has 0 saturated heterocycles. The number of allylic oxidation sites excluding steroid dienone is 3. The van der Waals surface area contributed by atoms with Gasteiger partial charge in [-0.05, 0) is 61.2 Å². The van der Waals surface area contributed by atoms with Crippen LogP contribution in [0.25, 0.3) is 0 Å². The summed E-state index contributed by atoms with van der Waals surface area (Å²) in [5.41, 5.74) is 1.19. The molecule has 1 unspecified atom stereocenters. The lowest BCUT2D eigenvalue weighted by Gasteiger charge is -2.59. The van der Waals surface area contributed by atoms with E-state index in [-0.39, 0.29) is 22.4 Å². The number of fused-ring (bicyclic) bond motifs is 1. The van der Waals surface area contributed by atoms with Crippen LogP contribution in [0.5, 0.6) is 0 Å². The van der Waals surface area contributed by atoms with E-state index in [4.69, 9.17) is 4.74 Å². The first kappa shape index (κ1) is 19.1. The number of carbonyl (C=O) groups excluding carboxylic acids is 3. The summed E-state index contributed by atoms with van der Waals surface area (Å²) in [4.78, 5) is 37.4. The maximum atomic E-state index is 12.8. The van der Waals surface area contributed by atoms with Crippen molar-refractivity contribution < 1.29 is 19.1 Å². The third-order valence-electron chi connectivity index (χ3n) is 7.81. The van der Waals surface area contributed by atoms with Gasteiger partial charge in [-0.25, -0.2) is 0 Å². The van der Waals surface area contributed by atoms with Crippen molar-refractivity contribution in [3.63, 3.8) is 0 Å². The van der Waals surface area contributed by atoms with Crippen molar-refractivity contribution in [2.75, 3.05) is 7.11 Å². The molecule has 3 aliphatic carbocycles. The van der Waals surface area contributed by atoms with Gasteiger partial charge in [0, 0.05) is 6.08 Å². The summed E-state index contributed by atoms with van der Waals surface area (Å²) in [6.07, 6.45) is 6.89. The van der Waals surface area contributed by atoms with E-state index in [9.17, 15) is 14.4 Å². The standard InChI is InChI=1S/C22H30O4/c1-13-7-6-8-18-21(13,3)10-9-14(2)22(18,4)12-15-19(24)16(23)11-17(26-5)20(15)25/h11,14-15,18H,1,6-10,12H2,2-5H3/t14-,15?,18+,21+,22+/m0/s1. The minimum Gasteiger partial charge on any atom is -0.493 e. The highest BCUT2D eigenvalue weighted by molar-refractivity contribution is 6.48. The van der Waals surface area contributed by atoms with Crippen molar-refractivity contribution in [1.82, 2.24) is 0 Å². The lowest BCUT2D eigenvalue weighted by molar-refractivity contribution is -0.145. The first-order chi connectivity index (χ1) is 12.1. The third-order valence-corrected chi connectivity index (χ3v) is 7.81. The highest BCUT2D eigenvalue weighted by atomic mass is 16.5. The molecule has 5 atom stereocenters. The van der Waals surface area contributed by atoms with Crippen LogP contribution in [-0.4, -0.2) is 24.5 Å². The quantitative estimate of drug-likeness (QED) is 0.434. The fraction of sp³-hybridized carbons (Fsp3) is 0.682. The number of carbonyl (C=O) groups is 3. The SMILES string of the molecule is C=C1CCC[C@H]2[C@](C)(CC3C(=O)C(=O)C=C(OC)C3=O)[C@@H](C)CC[C@]12C. The molecule has 0 bridgehead atoms. The van der Waals surface area contributed by atoms with E-state index in [1.54, 1.807) is 0 Å². The Kier molecular flexibility index (Phi) is 4.74. The fourth-order valence-electron chi connectivity index (χ4n) is 5.82. The normalized spacial score (nSPS) is 40.9. The summed E-state index contributed by atoms with van der Waals surface area (Å²) in [5, 5.41) is 0. The van der Waals surface area contributed by atoms with E-state index in [1.165, 1.54) is 12.7 Å². The predicted octanol–water partition coefficient (Wildman–Crippen LogP) is 4.04. The van der Waals surface area contributed by atoms with Crippen LogP contribution in [0.2, 0.25) is 0 Å². The number of hydrogen-bond acceptors (Lipinski definition) is 4. The second-order valence-electron chi connectivity index (χ2n) is 8.97. The molecular formula is C22H30O4. The minimum atomic E-state index is -0.910. The molecule has 3 aliphatic rings. The molecule has 3 rings (SSSR count). The van der Waals surface area contributed by atoms with Gasteiger partial charge in [0.2, 0.25) is 17.3 Å². The van der Waals surface area contributed by atoms with Crippen LogP contribution >= 0.6 is 0 Å². The van der Waals surface area contributed by atoms with Crippen LogP contribution in [0.3, 0.4) is 0 Å². The highest BCUT2D eigenvalue weighted by Crippen LogP contribution is 2.63. The second-order valence-corrected chi connectivity index (χ2v) is 8.97. The lowest BCUT2D eigenvalue weighted by Crippen LogP contribution is -2.52. The number of ketones is 3. The van der Waals surface area contributed by atoms with Crippen LogP contribution < -0.4 is 0 Å². The Morgan fingerprint density at radius 2 is 1.88 bits per heavy atom. The molecule has 0 radical (unpaired) electrons. The molecule has 0 heterocycles. The maximum Gasteiger partial charge on any atom is 0.226 e. The van der Waals surface area contributed by atoms with Gasteiger partial charge in [-0.3, -0.25) is 14.4 Å². The summed E-state index contributed by atoms with van der Waals surface area (Å²) in [6.45, 7) is 11.1. The maximum absolute atomic E-state index is 12.8. The van der Waals surface area contributed by atoms with Crippen LogP contribution in [0.15, 0.2) is 24.0 Å². The Morgan fingerprint density at radius 1 is 1.19 bits per heavy atom. The summed E-state index contributed by atoms with van der Waals surface area (Å²) in [7, 11) is 1.37. The molecule has 0 aromatic carbocycles. The van der Waals surface area contributed by atoms with Gasteiger partial charge in [0.05, 0.1) is 13.0 Å². The number of Topliss-reactive ketones (excluding diaryl/α,β-unsaturated/α-hetero) is 2. The number of ether oxygens (including phenoxy) is 1. The van der Waals surface area contributed by atoms with Gasteiger partial charge in [0.15, 0.2) is 5.76 Å². The van der Waals surface area contributed by atoms with Gasteiger partial charge in [0.1, 0.15) is 0 Å². The van der Waals surface area contributed by atoms with Crippen LogP contribution in [0, 0.1) is 28.6 Å². The molecule has 0 spiro atoms. The first-order valence-electron chi connectivity index (χ1n) is 9.71. The number of methoxy groups -OCH3 is 1. The molecule has 0 aliphatic heterocycles. The summed E-state index contributed by atoms with van der Waals surface area (Å²) < 4.78 is 5.07. The topological polar surface area (TPSA) is 60.4 Å². The Morgan fingerprint density at radius 3 is 2.54 bits per heavy atom. The largest absolute Gasteiger partial charge is 0.493 e. The zero-order valence-electron chi connectivity index (χ0n) is 16.4. The van der Waals surface area contributed by atoms with Crippen LogP contribution in [-0.2, 0) is 19.1 Å². The van der Waals surface area contributed by atoms with E-state index >= 15 is 0 Å². The fourth-order valence-corrected chi connectivity index (χ4v) is 5.82. The molecular weight excluding hydrogens is 328 g/mol. The smallest absolute Gasteiger partial charge is 0.226 e. The van der Waals surface area contributed by atoms with Gasteiger partial charge >= 0.3 is 0 Å². The molecule has 4 heteroatoms. The van der Waals surface area contributed by atoms with Crippen molar-refractivity contribution in [2.24, 2.45) is 28.6 Å². The van der Waals surface area contributed by atoms with E-state index in [2.05, 4.69) is 27.4 Å². The Hall–Kier alpha value is -1.71. The van der Waals surface area contributed by atoms with E-state index in [0.717, 1.165) is 38.2 Å². The molecule has 26 heavy (non-hydrogen) atoms. The summed E-state index contributed by atoms with van der Waals surface area (Å²) in [6, 6.07) is 0. The van der Waals surface area contributed by atoms with Gasteiger partial charge in [0.25, 0.3) is 0 Å². The highest BCUT2D eigenvalue weighted by Gasteiger charge is 2.56. The Labute approximate surface area is 156 Å². The van der Waals surface area contributed by atoms with Crippen molar-refractivity contribution in [2.45, 2.75) is 59.3 Å².